The first-order chi connectivity index (χ1) is 3.70. The van der Waals surface area contributed by atoms with Gasteiger partial charge in [0, 0.05) is 0 Å². The number of rotatable bonds is 0. The first-order valence-corrected chi connectivity index (χ1v) is 1.83. The van der Waals surface area contributed by atoms with Crippen LogP contribution in [0.5, 0.6) is 0 Å². The zero-order valence-corrected chi connectivity index (χ0v) is 3.68. The number of carbonyl (C=O) groups is 2. The van der Waals surface area contributed by atoms with Crippen LogP contribution in [0.3, 0.4) is 0 Å². The molecule has 4 heteroatoms. The molecule has 0 saturated carbocycles. The van der Waals surface area contributed by atoms with Crippen molar-refractivity contribution in [2.45, 2.75) is 0 Å². The summed E-state index contributed by atoms with van der Waals surface area (Å²) in [4.78, 5) is 19.8. The minimum absolute atomic E-state index is 0.502. The number of esters is 2. The number of cyclic esters (lactones) is 2. The highest BCUT2D eigenvalue weighted by Crippen LogP contribution is 2.07. The van der Waals surface area contributed by atoms with Crippen LogP contribution in [0.25, 0.3) is 0 Å². The van der Waals surface area contributed by atoms with Crippen LogP contribution in [-0.4, -0.2) is 11.9 Å². The van der Waals surface area contributed by atoms with E-state index in [0.717, 1.165) is 0 Å². The molecule has 0 spiro atoms. The molecule has 3 nitrogen and oxygen atoms in total. The first kappa shape index (κ1) is 4.96. The minimum Gasteiger partial charge on any atom is -0.384 e. The van der Waals surface area contributed by atoms with Gasteiger partial charge in [0.05, 0.1) is 6.08 Å². The van der Waals surface area contributed by atoms with E-state index in [0.29, 0.717) is 6.08 Å². The Labute approximate surface area is 43.7 Å². The Morgan fingerprint density at radius 2 is 2.12 bits per heavy atom. The first-order valence-electron chi connectivity index (χ1n) is 1.83. The smallest absolute Gasteiger partial charge is 0.375 e. The van der Waals surface area contributed by atoms with E-state index in [1.54, 1.807) is 0 Å². The van der Waals surface area contributed by atoms with Gasteiger partial charge in [-0.1, -0.05) is 0 Å². The topological polar surface area (TPSA) is 43.4 Å². The largest absolute Gasteiger partial charge is 0.384 e. The monoisotopic (exact) mass is 116 g/mol. The van der Waals surface area contributed by atoms with E-state index in [1.165, 1.54) is 0 Å². The number of carbonyl (C=O) groups excluding carboxylic acids is 2. The summed E-state index contributed by atoms with van der Waals surface area (Å²) in [6.45, 7) is 0. The highest BCUT2D eigenvalue weighted by Gasteiger charge is 2.22. The van der Waals surface area contributed by atoms with Gasteiger partial charge in [0.25, 0.3) is 0 Å². The summed E-state index contributed by atoms with van der Waals surface area (Å²) < 4.78 is 15.5. The van der Waals surface area contributed by atoms with Crippen molar-refractivity contribution in [2.24, 2.45) is 0 Å². The van der Waals surface area contributed by atoms with E-state index >= 15 is 0 Å². The van der Waals surface area contributed by atoms with Crippen molar-refractivity contribution in [2.75, 3.05) is 0 Å². The molecule has 1 aliphatic heterocycles. The Morgan fingerprint density at radius 1 is 1.50 bits per heavy atom. The molecule has 1 heterocycles. The normalized spacial score (nSPS) is 18.4. The summed E-state index contributed by atoms with van der Waals surface area (Å²) in [5, 5.41) is 0. The fourth-order valence-electron chi connectivity index (χ4n) is 0.332. The fraction of sp³-hybridized carbons (Fsp3) is 0. The molecule has 0 saturated heterocycles. The second-order valence-electron chi connectivity index (χ2n) is 1.20. The van der Waals surface area contributed by atoms with E-state index in [1.807, 2.05) is 0 Å². The van der Waals surface area contributed by atoms with Gasteiger partial charge in [0.1, 0.15) is 0 Å². The van der Waals surface area contributed by atoms with E-state index in [2.05, 4.69) is 4.74 Å². The summed E-state index contributed by atoms with van der Waals surface area (Å²) in [5.74, 6) is -3.27. The summed E-state index contributed by atoms with van der Waals surface area (Å²) in [6, 6.07) is 0. The zero-order valence-electron chi connectivity index (χ0n) is 3.68. The number of halogens is 1. The van der Waals surface area contributed by atoms with Gasteiger partial charge >= 0.3 is 11.9 Å². The molecule has 42 valence electrons. The van der Waals surface area contributed by atoms with Crippen LogP contribution in [0, 0.1) is 0 Å². The molecule has 0 atom stereocenters. The molecule has 0 aromatic heterocycles. The molecule has 0 aromatic rings. The van der Waals surface area contributed by atoms with Crippen LogP contribution >= 0.6 is 0 Å². The molecular formula is C4HFO3. The van der Waals surface area contributed by atoms with E-state index < -0.39 is 17.8 Å². The summed E-state index contributed by atoms with van der Waals surface area (Å²) >= 11 is 0. The van der Waals surface area contributed by atoms with Crippen LogP contribution in [-0.2, 0) is 14.3 Å². The van der Waals surface area contributed by atoms with Gasteiger partial charge < -0.3 is 4.74 Å². The minimum atomic E-state index is -1.20. The molecule has 0 aromatic carbocycles. The highest BCUT2D eigenvalue weighted by molar-refractivity contribution is 6.07. The maximum absolute atomic E-state index is 11.7. The maximum Gasteiger partial charge on any atom is 0.375 e. The number of ether oxygens (including phenoxy) is 1. The quantitative estimate of drug-likeness (QED) is 0.328. The van der Waals surface area contributed by atoms with Gasteiger partial charge in [-0.3, -0.25) is 0 Å². The Morgan fingerprint density at radius 3 is 2.25 bits per heavy atom. The fourth-order valence-corrected chi connectivity index (χ4v) is 0.332. The van der Waals surface area contributed by atoms with Gasteiger partial charge in [-0.15, -0.1) is 0 Å². The average molecular weight is 116 g/mol. The summed E-state index contributed by atoms with van der Waals surface area (Å²) in [5.41, 5.74) is 0. The van der Waals surface area contributed by atoms with Crippen molar-refractivity contribution in [1.82, 2.24) is 0 Å². The Hall–Kier alpha value is -1.19. The molecule has 0 radical (unpaired) electrons. The predicted molar refractivity (Wildman–Crippen MR) is 20.3 cm³/mol. The molecule has 1 rings (SSSR count). The van der Waals surface area contributed by atoms with Gasteiger partial charge in [0.15, 0.2) is 0 Å². The Kier molecular flexibility index (Phi) is 0.865. The zero-order chi connectivity index (χ0) is 6.15. The summed E-state index contributed by atoms with van der Waals surface area (Å²) in [6.07, 6.45) is 0.502. The SMILES string of the molecule is O=C1C=C(F)C(=O)O1. The molecule has 1 aliphatic rings. The summed E-state index contributed by atoms with van der Waals surface area (Å²) in [7, 11) is 0. The van der Waals surface area contributed by atoms with Crippen molar-refractivity contribution in [3.8, 4) is 0 Å². The second-order valence-corrected chi connectivity index (χ2v) is 1.20. The van der Waals surface area contributed by atoms with Crippen molar-refractivity contribution >= 4 is 11.9 Å². The third-order valence-corrected chi connectivity index (χ3v) is 0.633. The standard InChI is InChI=1S/C4HFO3/c5-2-1-3(6)8-4(2)7/h1H. The lowest BCUT2D eigenvalue weighted by Gasteiger charge is -1.81. The van der Waals surface area contributed by atoms with Crippen molar-refractivity contribution < 1.29 is 18.7 Å². The lowest BCUT2D eigenvalue weighted by Crippen LogP contribution is -1.98. The molecule has 0 aliphatic carbocycles. The van der Waals surface area contributed by atoms with Gasteiger partial charge in [-0.05, 0) is 0 Å². The molecular weight excluding hydrogens is 115 g/mol. The van der Waals surface area contributed by atoms with E-state index in [-0.39, 0.29) is 0 Å². The predicted octanol–water partition coefficient (Wildman–Crippen LogP) is -0.0768. The molecule has 0 N–H and O–H groups in total. The number of hydrogen-bond donors (Lipinski definition) is 0. The van der Waals surface area contributed by atoms with Crippen molar-refractivity contribution in [3.63, 3.8) is 0 Å². The molecule has 0 unspecified atom stereocenters. The van der Waals surface area contributed by atoms with Crippen molar-refractivity contribution in [1.29, 1.82) is 0 Å². The van der Waals surface area contributed by atoms with E-state index in [4.69, 9.17) is 0 Å². The van der Waals surface area contributed by atoms with Crippen LogP contribution in [0.4, 0.5) is 4.39 Å². The van der Waals surface area contributed by atoms with Crippen LogP contribution in [0.2, 0.25) is 0 Å². The Bertz CT molecular complexity index is 182. The maximum atomic E-state index is 11.7. The molecule has 0 amide bonds. The molecule has 0 fully saturated rings. The van der Waals surface area contributed by atoms with Crippen LogP contribution < -0.4 is 0 Å². The lowest BCUT2D eigenvalue weighted by molar-refractivity contribution is -0.151. The van der Waals surface area contributed by atoms with E-state index in [9.17, 15) is 14.0 Å². The Balaban J connectivity index is 2.88. The van der Waals surface area contributed by atoms with Gasteiger partial charge in [0.2, 0.25) is 5.83 Å². The third kappa shape index (κ3) is 0.598. The number of hydrogen-bond acceptors (Lipinski definition) is 3. The van der Waals surface area contributed by atoms with Crippen LogP contribution in [0.15, 0.2) is 11.9 Å². The molecule has 8 heavy (non-hydrogen) atoms. The van der Waals surface area contributed by atoms with Gasteiger partial charge in [-0.25, -0.2) is 9.59 Å². The third-order valence-electron chi connectivity index (χ3n) is 0.633. The average Bonchev–Trinajstić information content (AvgIpc) is 1.85. The highest BCUT2D eigenvalue weighted by atomic mass is 19.1. The van der Waals surface area contributed by atoms with Crippen molar-refractivity contribution in [3.05, 3.63) is 11.9 Å². The van der Waals surface area contributed by atoms with Gasteiger partial charge in [-0.2, -0.15) is 4.39 Å². The molecule has 0 bridgehead atoms. The lowest BCUT2D eigenvalue weighted by atomic mass is 10.5. The van der Waals surface area contributed by atoms with Crippen LogP contribution in [0.1, 0.15) is 0 Å². The second kappa shape index (κ2) is 1.40.